The maximum atomic E-state index is 13.3. The van der Waals surface area contributed by atoms with Crippen molar-refractivity contribution in [1.29, 1.82) is 0 Å². The molecule has 1 amide bonds. The Hall–Kier alpha value is -3.30. The standard InChI is InChI=1S/C19H19F3N4O3/c1-12-9-15(27)16(29-2)10-25(12)11-17(28)23-7-8-26-14-6-4-3-5-13(14)24-18(26)19(20,21)22/h3-6,9-10H,7-8,11H2,1-2H3,(H,23,28). The van der Waals surface area contributed by atoms with Crippen molar-refractivity contribution < 1.29 is 22.7 Å². The first-order valence-corrected chi connectivity index (χ1v) is 8.75. The number of alkyl halides is 3. The number of para-hydroxylation sites is 2. The van der Waals surface area contributed by atoms with Gasteiger partial charge in [0.1, 0.15) is 6.54 Å². The Morgan fingerprint density at radius 2 is 2.00 bits per heavy atom. The largest absolute Gasteiger partial charge is 0.491 e. The van der Waals surface area contributed by atoms with E-state index < -0.39 is 17.9 Å². The third-order valence-electron chi connectivity index (χ3n) is 4.41. The number of nitrogens with zero attached hydrogens (tertiary/aromatic N) is 3. The number of pyridine rings is 1. The average molecular weight is 408 g/mol. The number of rotatable bonds is 6. The molecule has 2 aromatic heterocycles. The Morgan fingerprint density at radius 1 is 1.28 bits per heavy atom. The summed E-state index contributed by atoms with van der Waals surface area (Å²) < 4.78 is 47.4. The van der Waals surface area contributed by atoms with Gasteiger partial charge in [0, 0.05) is 24.8 Å². The second-order valence-corrected chi connectivity index (χ2v) is 6.40. The van der Waals surface area contributed by atoms with E-state index in [2.05, 4.69) is 10.3 Å². The van der Waals surface area contributed by atoms with Crippen LogP contribution in [-0.2, 0) is 24.1 Å². The number of hydrogen-bond acceptors (Lipinski definition) is 4. The summed E-state index contributed by atoms with van der Waals surface area (Å²) in [6, 6.07) is 7.65. The normalized spacial score (nSPS) is 11.6. The number of aryl methyl sites for hydroxylation is 1. The minimum absolute atomic E-state index is 0.0152. The molecule has 0 spiro atoms. The molecule has 1 aromatic carbocycles. The molecule has 3 aromatic rings. The summed E-state index contributed by atoms with van der Waals surface area (Å²) in [6.45, 7) is 1.47. The lowest BCUT2D eigenvalue weighted by atomic mass is 10.3. The van der Waals surface area contributed by atoms with E-state index in [4.69, 9.17) is 4.74 Å². The van der Waals surface area contributed by atoms with Crippen molar-refractivity contribution in [3.8, 4) is 5.75 Å². The number of fused-ring (bicyclic) bond motifs is 1. The lowest BCUT2D eigenvalue weighted by molar-refractivity contribution is -0.146. The molecule has 29 heavy (non-hydrogen) atoms. The van der Waals surface area contributed by atoms with Crippen LogP contribution in [0.4, 0.5) is 13.2 Å². The molecule has 0 atom stereocenters. The van der Waals surface area contributed by atoms with Gasteiger partial charge in [-0.05, 0) is 19.1 Å². The van der Waals surface area contributed by atoms with Gasteiger partial charge in [-0.1, -0.05) is 12.1 Å². The first kappa shape index (κ1) is 20.4. The SMILES string of the molecule is COc1cn(CC(=O)NCCn2c(C(F)(F)F)nc3ccccc32)c(C)cc1=O. The van der Waals surface area contributed by atoms with Crippen LogP contribution in [0.3, 0.4) is 0 Å². The van der Waals surface area contributed by atoms with E-state index in [0.717, 1.165) is 4.57 Å². The zero-order valence-electron chi connectivity index (χ0n) is 15.8. The van der Waals surface area contributed by atoms with Gasteiger partial charge in [0.25, 0.3) is 0 Å². The van der Waals surface area contributed by atoms with Crippen molar-refractivity contribution >= 4 is 16.9 Å². The van der Waals surface area contributed by atoms with Crippen LogP contribution >= 0.6 is 0 Å². The van der Waals surface area contributed by atoms with Crippen LogP contribution in [0.1, 0.15) is 11.5 Å². The number of halogens is 3. The van der Waals surface area contributed by atoms with Crippen LogP contribution in [0.5, 0.6) is 5.75 Å². The molecule has 0 radical (unpaired) electrons. The first-order chi connectivity index (χ1) is 13.7. The fraction of sp³-hybridized carbons (Fsp3) is 0.316. The maximum absolute atomic E-state index is 13.3. The van der Waals surface area contributed by atoms with Crippen molar-refractivity contribution in [3.63, 3.8) is 0 Å². The highest BCUT2D eigenvalue weighted by Crippen LogP contribution is 2.31. The molecule has 0 unspecified atom stereocenters. The number of hydrogen-bond donors (Lipinski definition) is 1. The lowest BCUT2D eigenvalue weighted by Gasteiger charge is -2.14. The molecule has 0 fully saturated rings. The number of imidazole rings is 1. The molecule has 0 aliphatic rings. The van der Waals surface area contributed by atoms with Crippen molar-refractivity contribution in [2.75, 3.05) is 13.7 Å². The average Bonchev–Trinajstić information content (AvgIpc) is 3.03. The van der Waals surface area contributed by atoms with Gasteiger partial charge < -0.3 is 19.2 Å². The predicted octanol–water partition coefficient (Wildman–Crippen LogP) is 2.35. The Balaban J connectivity index is 1.71. The number of carbonyl (C=O) groups excluding carboxylic acids is 1. The number of nitrogens with one attached hydrogen (secondary N) is 1. The van der Waals surface area contributed by atoms with E-state index in [1.807, 2.05) is 0 Å². The molecule has 0 bridgehead atoms. The zero-order chi connectivity index (χ0) is 21.2. The molecular formula is C19H19F3N4O3. The Morgan fingerprint density at radius 3 is 2.69 bits per heavy atom. The molecule has 0 saturated heterocycles. The van der Waals surface area contributed by atoms with E-state index in [0.29, 0.717) is 11.2 Å². The van der Waals surface area contributed by atoms with Gasteiger partial charge in [0.2, 0.25) is 17.2 Å². The van der Waals surface area contributed by atoms with Crippen molar-refractivity contribution in [1.82, 2.24) is 19.4 Å². The van der Waals surface area contributed by atoms with Gasteiger partial charge in [0.05, 0.1) is 24.3 Å². The predicted molar refractivity (Wildman–Crippen MR) is 99.7 cm³/mol. The molecule has 0 aliphatic heterocycles. The van der Waals surface area contributed by atoms with Crippen molar-refractivity contribution in [2.24, 2.45) is 0 Å². The third kappa shape index (κ3) is 4.41. The summed E-state index contributed by atoms with van der Waals surface area (Å²) in [7, 11) is 1.35. The minimum atomic E-state index is -4.60. The molecule has 0 saturated carbocycles. The van der Waals surface area contributed by atoms with Gasteiger partial charge in [-0.2, -0.15) is 13.2 Å². The Kier molecular flexibility index (Phi) is 5.62. The third-order valence-corrected chi connectivity index (χ3v) is 4.41. The number of aromatic nitrogens is 3. The molecule has 154 valence electrons. The highest BCUT2D eigenvalue weighted by atomic mass is 19.4. The molecule has 10 heteroatoms. The van der Waals surface area contributed by atoms with Gasteiger partial charge in [-0.3, -0.25) is 9.59 Å². The maximum Gasteiger partial charge on any atom is 0.449 e. The topological polar surface area (TPSA) is 78.2 Å². The van der Waals surface area contributed by atoms with Crippen molar-refractivity contribution in [3.05, 3.63) is 58.3 Å². The van der Waals surface area contributed by atoms with Gasteiger partial charge in [-0.25, -0.2) is 4.98 Å². The van der Waals surface area contributed by atoms with Crippen LogP contribution in [0.2, 0.25) is 0 Å². The molecule has 3 rings (SSSR count). The summed E-state index contributed by atoms with van der Waals surface area (Å²) in [6.07, 6.45) is -3.19. The van der Waals surface area contributed by atoms with E-state index in [9.17, 15) is 22.8 Å². The number of amides is 1. The smallest absolute Gasteiger partial charge is 0.449 e. The number of benzene rings is 1. The molecular weight excluding hydrogens is 389 g/mol. The minimum Gasteiger partial charge on any atom is -0.491 e. The summed E-state index contributed by atoms with van der Waals surface area (Å²) in [5.41, 5.74) is 0.844. The van der Waals surface area contributed by atoms with Gasteiger partial charge in [-0.15, -0.1) is 0 Å². The monoisotopic (exact) mass is 408 g/mol. The fourth-order valence-electron chi connectivity index (χ4n) is 3.01. The van der Waals surface area contributed by atoms with Crippen LogP contribution in [0, 0.1) is 6.92 Å². The number of carbonyl (C=O) groups is 1. The number of ether oxygens (including phenoxy) is 1. The van der Waals surface area contributed by atoms with Crippen molar-refractivity contribution in [2.45, 2.75) is 26.2 Å². The lowest BCUT2D eigenvalue weighted by Crippen LogP contribution is -2.32. The summed E-state index contributed by atoms with van der Waals surface area (Å²) in [4.78, 5) is 27.6. The van der Waals surface area contributed by atoms with E-state index in [1.165, 1.54) is 30.0 Å². The Bertz CT molecular complexity index is 1100. The fourth-order valence-corrected chi connectivity index (χ4v) is 3.01. The van der Waals surface area contributed by atoms with E-state index >= 15 is 0 Å². The molecule has 7 nitrogen and oxygen atoms in total. The van der Waals surface area contributed by atoms with Crippen LogP contribution in [0.15, 0.2) is 41.3 Å². The molecule has 0 aliphatic carbocycles. The van der Waals surface area contributed by atoms with E-state index in [1.54, 1.807) is 25.1 Å². The molecule has 1 N–H and O–H groups in total. The quantitative estimate of drug-likeness (QED) is 0.679. The van der Waals surface area contributed by atoms with Gasteiger partial charge in [0.15, 0.2) is 5.75 Å². The highest BCUT2D eigenvalue weighted by Gasteiger charge is 2.37. The second-order valence-electron chi connectivity index (χ2n) is 6.40. The van der Waals surface area contributed by atoms with Gasteiger partial charge >= 0.3 is 6.18 Å². The van der Waals surface area contributed by atoms with Crippen LogP contribution in [-0.4, -0.2) is 33.7 Å². The zero-order valence-corrected chi connectivity index (χ0v) is 15.8. The van der Waals surface area contributed by atoms with Crippen LogP contribution < -0.4 is 15.5 Å². The first-order valence-electron chi connectivity index (χ1n) is 8.75. The summed E-state index contributed by atoms with van der Waals surface area (Å²) in [5, 5.41) is 2.60. The second kappa shape index (κ2) is 7.98. The van der Waals surface area contributed by atoms with Crippen LogP contribution in [0.25, 0.3) is 11.0 Å². The Labute approximate surface area is 163 Å². The summed E-state index contributed by atoms with van der Waals surface area (Å²) >= 11 is 0. The summed E-state index contributed by atoms with van der Waals surface area (Å²) in [5.74, 6) is -1.31. The highest BCUT2D eigenvalue weighted by molar-refractivity contribution is 5.77. The molecule has 2 heterocycles. The number of methoxy groups -OCH3 is 1. The van der Waals surface area contributed by atoms with E-state index in [-0.39, 0.29) is 36.3 Å².